The van der Waals surface area contributed by atoms with Gasteiger partial charge in [0.1, 0.15) is 18.4 Å². The first-order valence-corrected chi connectivity index (χ1v) is 7.54. The molecule has 0 saturated carbocycles. The zero-order valence-electron chi connectivity index (χ0n) is 11.2. The van der Waals surface area contributed by atoms with Crippen LogP contribution in [0.1, 0.15) is 24.4 Å². The third-order valence-electron chi connectivity index (χ3n) is 3.67. The van der Waals surface area contributed by atoms with Gasteiger partial charge in [0.15, 0.2) is 0 Å². The molecule has 0 aromatic heterocycles. The van der Waals surface area contributed by atoms with Crippen LogP contribution in [0.15, 0.2) is 16.6 Å². The molecule has 6 heteroatoms. The van der Waals surface area contributed by atoms with Crippen LogP contribution >= 0.6 is 15.9 Å². The van der Waals surface area contributed by atoms with Crippen molar-refractivity contribution in [3.05, 3.63) is 22.2 Å². The molecule has 0 aliphatic carbocycles. The number of anilines is 1. The Labute approximate surface area is 126 Å². The van der Waals surface area contributed by atoms with Gasteiger partial charge in [0.2, 0.25) is 5.91 Å². The molecule has 0 spiro atoms. The molecular formula is C14H17BrN2O3. The molecule has 1 fully saturated rings. The minimum Gasteiger partial charge on any atom is -0.490 e. The fourth-order valence-electron chi connectivity index (χ4n) is 2.62. The van der Waals surface area contributed by atoms with E-state index in [0.29, 0.717) is 6.61 Å². The summed E-state index contributed by atoms with van der Waals surface area (Å²) in [5, 5.41) is 5.86. The van der Waals surface area contributed by atoms with Crippen LogP contribution in [0.3, 0.4) is 0 Å². The molecule has 20 heavy (non-hydrogen) atoms. The Morgan fingerprint density at radius 2 is 2.40 bits per heavy atom. The number of hydrogen-bond acceptors (Lipinski definition) is 4. The van der Waals surface area contributed by atoms with E-state index >= 15 is 0 Å². The van der Waals surface area contributed by atoms with Gasteiger partial charge in [0.25, 0.3) is 0 Å². The summed E-state index contributed by atoms with van der Waals surface area (Å²) >= 11 is 3.50. The van der Waals surface area contributed by atoms with Crippen molar-refractivity contribution in [2.45, 2.75) is 25.0 Å². The van der Waals surface area contributed by atoms with Crippen molar-refractivity contribution in [2.24, 2.45) is 0 Å². The number of carbonyl (C=O) groups is 1. The molecule has 2 aliphatic heterocycles. The Balaban J connectivity index is 1.76. The lowest BCUT2D eigenvalue weighted by atomic mass is 10.1. The van der Waals surface area contributed by atoms with Crippen LogP contribution in [0.5, 0.6) is 5.75 Å². The average Bonchev–Trinajstić information content (AvgIpc) is 3.03. The summed E-state index contributed by atoms with van der Waals surface area (Å²) in [6, 6.07) is 3.50. The second-order valence-corrected chi connectivity index (χ2v) is 5.88. The zero-order valence-corrected chi connectivity index (χ0v) is 12.8. The molecule has 3 rings (SSSR count). The highest BCUT2D eigenvalue weighted by Gasteiger charge is 2.30. The first-order valence-electron chi connectivity index (χ1n) is 6.75. The van der Waals surface area contributed by atoms with Gasteiger partial charge >= 0.3 is 0 Å². The van der Waals surface area contributed by atoms with E-state index in [9.17, 15) is 4.79 Å². The van der Waals surface area contributed by atoms with Crippen LogP contribution in [-0.4, -0.2) is 32.3 Å². The third-order valence-corrected chi connectivity index (χ3v) is 4.29. The number of halogens is 1. The van der Waals surface area contributed by atoms with Gasteiger partial charge in [0, 0.05) is 23.9 Å². The van der Waals surface area contributed by atoms with Crippen molar-refractivity contribution in [2.75, 3.05) is 25.6 Å². The van der Waals surface area contributed by atoms with Gasteiger partial charge in [-0.05, 0) is 41.9 Å². The molecule has 2 N–H and O–H groups in total. The Bertz CT molecular complexity index is 529. The molecule has 0 radical (unpaired) electrons. The summed E-state index contributed by atoms with van der Waals surface area (Å²) in [6.45, 7) is 1.36. The maximum Gasteiger partial charge on any atom is 0.246 e. The summed E-state index contributed by atoms with van der Waals surface area (Å²) in [5.74, 6) is 0.696. The minimum absolute atomic E-state index is 0.0364. The summed E-state index contributed by atoms with van der Waals surface area (Å²) in [7, 11) is 1.77. The van der Waals surface area contributed by atoms with Gasteiger partial charge in [0.05, 0.1) is 10.6 Å². The Morgan fingerprint density at radius 1 is 1.55 bits per heavy atom. The highest BCUT2D eigenvalue weighted by molar-refractivity contribution is 9.10. The fourth-order valence-corrected chi connectivity index (χ4v) is 3.09. The van der Waals surface area contributed by atoms with E-state index in [1.807, 2.05) is 12.1 Å². The molecule has 2 heterocycles. The lowest BCUT2D eigenvalue weighted by Gasteiger charge is -2.14. The second-order valence-electron chi connectivity index (χ2n) is 5.03. The lowest BCUT2D eigenvalue weighted by molar-refractivity contribution is -0.117. The summed E-state index contributed by atoms with van der Waals surface area (Å²) in [4.78, 5) is 11.8. The van der Waals surface area contributed by atoms with Gasteiger partial charge in [-0.15, -0.1) is 0 Å². The van der Waals surface area contributed by atoms with E-state index in [2.05, 4.69) is 26.6 Å². The normalized spacial score (nSPS) is 24.6. The van der Waals surface area contributed by atoms with Crippen LogP contribution in [-0.2, 0) is 9.53 Å². The van der Waals surface area contributed by atoms with Crippen molar-refractivity contribution in [1.82, 2.24) is 5.32 Å². The van der Waals surface area contributed by atoms with Gasteiger partial charge in [-0.1, -0.05) is 0 Å². The van der Waals surface area contributed by atoms with Gasteiger partial charge in [-0.2, -0.15) is 0 Å². The fraction of sp³-hybridized carbons (Fsp3) is 0.500. The number of hydrogen-bond donors (Lipinski definition) is 2. The van der Waals surface area contributed by atoms with Crippen molar-refractivity contribution in [3.8, 4) is 5.75 Å². The Hall–Kier alpha value is -1.11. The van der Waals surface area contributed by atoms with Gasteiger partial charge in [-0.3, -0.25) is 4.79 Å². The van der Waals surface area contributed by atoms with Crippen molar-refractivity contribution >= 4 is 27.5 Å². The highest BCUT2D eigenvalue weighted by Crippen LogP contribution is 2.38. The van der Waals surface area contributed by atoms with E-state index in [4.69, 9.17) is 9.47 Å². The lowest BCUT2D eigenvalue weighted by Crippen LogP contribution is -2.23. The molecule has 0 bridgehead atoms. The van der Waals surface area contributed by atoms with E-state index in [1.54, 1.807) is 7.05 Å². The maximum absolute atomic E-state index is 11.8. The SMILES string of the molecule is CNC1C(=O)Nc2cc(OCC3CCCO3)c(Br)cc21. The molecule has 1 aromatic carbocycles. The predicted molar refractivity (Wildman–Crippen MR) is 79.0 cm³/mol. The number of amides is 1. The van der Waals surface area contributed by atoms with E-state index in [1.165, 1.54) is 0 Å². The first kappa shape index (κ1) is 13.9. The van der Waals surface area contributed by atoms with Gasteiger partial charge in [-0.25, -0.2) is 0 Å². The maximum atomic E-state index is 11.8. The summed E-state index contributed by atoms with van der Waals surface area (Å²) < 4.78 is 12.2. The molecule has 2 aliphatic rings. The predicted octanol–water partition coefficient (Wildman–Crippen LogP) is 2.22. The number of ether oxygens (including phenoxy) is 2. The van der Waals surface area contributed by atoms with Crippen molar-refractivity contribution in [1.29, 1.82) is 0 Å². The molecule has 1 saturated heterocycles. The second kappa shape index (κ2) is 5.71. The smallest absolute Gasteiger partial charge is 0.246 e. The molecule has 108 valence electrons. The number of benzene rings is 1. The monoisotopic (exact) mass is 340 g/mol. The number of carbonyl (C=O) groups excluding carboxylic acids is 1. The van der Waals surface area contributed by atoms with Crippen LogP contribution in [0, 0.1) is 0 Å². The number of rotatable bonds is 4. The van der Waals surface area contributed by atoms with Crippen LogP contribution in [0.2, 0.25) is 0 Å². The van der Waals surface area contributed by atoms with E-state index in [0.717, 1.165) is 40.9 Å². The molecule has 2 atom stereocenters. The standard InChI is InChI=1S/C14H17BrN2O3/c1-16-13-9-5-10(15)12(6-11(9)17-14(13)18)20-7-8-3-2-4-19-8/h5-6,8,13,16H,2-4,7H2,1H3,(H,17,18). The summed E-state index contributed by atoms with van der Waals surface area (Å²) in [5.41, 5.74) is 1.74. The molecule has 1 amide bonds. The van der Waals surface area contributed by atoms with E-state index < -0.39 is 0 Å². The van der Waals surface area contributed by atoms with Crippen molar-refractivity contribution < 1.29 is 14.3 Å². The number of nitrogens with one attached hydrogen (secondary N) is 2. The number of likely N-dealkylation sites (N-methyl/N-ethyl adjacent to an activating group) is 1. The number of fused-ring (bicyclic) bond motifs is 1. The summed E-state index contributed by atoms with van der Waals surface area (Å²) in [6.07, 6.45) is 2.32. The van der Waals surface area contributed by atoms with Crippen molar-refractivity contribution in [3.63, 3.8) is 0 Å². The topological polar surface area (TPSA) is 59.6 Å². The Kier molecular flexibility index (Phi) is 3.96. The van der Waals surface area contributed by atoms with Gasteiger partial charge < -0.3 is 20.1 Å². The van der Waals surface area contributed by atoms with E-state index in [-0.39, 0.29) is 18.1 Å². The largest absolute Gasteiger partial charge is 0.490 e. The van der Waals surface area contributed by atoms with Crippen LogP contribution in [0.25, 0.3) is 0 Å². The molecule has 1 aromatic rings. The average molecular weight is 341 g/mol. The zero-order chi connectivity index (χ0) is 14.1. The molecule has 5 nitrogen and oxygen atoms in total. The molecular weight excluding hydrogens is 324 g/mol. The third kappa shape index (κ3) is 2.55. The van der Waals surface area contributed by atoms with Crippen LogP contribution < -0.4 is 15.4 Å². The quantitative estimate of drug-likeness (QED) is 0.882. The molecule has 2 unspecified atom stereocenters. The minimum atomic E-state index is -0.298. The first-order chi connectivity index (χ1) is 9.69. The Morgan fingerprint density at radius 3 is 3.10 bits per heavy atom. The highest BCUT2D eigenvalue weighted by atomic mass is 79.9. The van der Waals surface area contributed by atoms with Crippen LogP contribution in [0.4, 0.5) is 5.69 Å².